The minimum absolute atomic E-state index is 0.0883. The number of rotatable bonds is 0. The molecule has 0 unspecified atom stereocenters. The highest BCUT2D eigenvalue weighted by molar-refractivity contribution is 5.40. The van der Waals surface area contributed by atoms with Crippen LogP contribution in [0.4, 0.5) is 0 Å². The highest BCUT2D eigenvalue weighted by Gasteiger charge is 2.54. The molecule has 2 fully saturated rings. The van der Waals surface area contributed by atoms with E-state index < -0.39 is 0 Å². The summed E-state index contributed by atoms with van der Waals surface area (Å²) in [7, 11) is 0. The Kier molecular flexibility index (Phi) is 2.69. The summed E-state index contributed by atoms with van der Waals surface area (Å²) in [5.41, 5.74) is 2.99. The van der Waals surface area contributed by atoms with Gasteiger partial charge in [-0.3, -0.25) is 0 Å². The molecule has 2 N–H and O–H groups in total. The Balaban J connectivity index is 1.71. The third-order valence-electron chi connectivity index (χ3n) is 6.66. The van der Waals surface area contributed by atoms with Crippen molar-refractivity contribution in [3.63, 3.8) is 0 Å². The third kappa shape index (κ3) is 1.60. The summed E-state index contributed by atoms with van der Waals surface area (Å²) in [5.74, 6) is 2.49. The number of aryl methyl sites for hydroxylation is 1. The predicted octanol–water partition coefficient (Wildman–Crippen LogP) is 3.61. The molecule has 20 heavy (non-hydrogen) atoms. The zero-order valence-electron chi connectivity index (χ0n) is 12.2. The minimum atomic E-state index is -0.0883. The van der Waals surface area contributed by atoms with Gasteiger partial charge in [-0.25, -0.2) is 0 Å². The van der Waals surface area contributed by atoms with Crippen molar-refractivity contribution in [3.8, 4) is 5.75 Å². The number of phenolic OH excluding ortho intramolecular Hbond substituents is 1. The van der Waals surface area contributed by atoms with Gasteiger partial charge in [0, 0.05) is 0 Å². The van der Waals surface area contributed by atoms with E-state index in [0.717, 1.165) is 25.2 Å². The lowest BCUT2D eigenvalue weighted by Gasteiger charge is -2.50. The van der Waals surface area contributed by atoms with Gasteiger partial charge in [-0.2, -0.15) is 0 Å². The van der Waals surface area contributed by atoms with Gasteiger partial charge in [-0.1, -0.05) is 13.0 Å². The Bertz CT molecular complexity index is 538. The van der Waals surface area contributed by atoms with Gasteiger partial charge in [-0.05, 0) is 85.0 Å². The van der Waals surface area contributed by atoms with E-state index in [2.05, 4.69) is 13.0 Å². The van der Waals surface area contributed by atoms with Gasteiger partial charge in [0.05, 0.1) is 6.10 Å². The highest BCUT2D eigenvalue weighted by Crippen LogP contribution is 2.60. The molecule has 5 atom stereocenters. The first-order valence-electron chi connectivity index (χ1n) is 8.09. The van der Waals surface area contributed by atoms with Gasteiger partial charge in [-0.15, -0.1) is 0 Å². The van der Waals surface area contributed by atoms with Crippen LogP contribution in [0, 0.1) is 17.3 Å². The molecule has 108 valence electrons. The lowest BCUT2D eigenvalue weighted by molar-refractivity contribution is -0.0226. The Hall–Kier alpha value is -1.02. The average Bonchev–Trinajstić information content (AvgIpc) is 2.74. The number of aliphatic hydroxyl groups excluding tert-OH is 1. The average molecular weight is 273 g/mol. The summed E-state index contributed by atoms with van der Waals surface area (Å²) in [6.45, 7) is 2.32. The van der Waals surface area contributed by atoms with E-state index in [1.165, 1.54) is 30.4 Å². The van der Waals surface area contributed by atoms with Crippen LogP contribution >= 0.6 is 0 Å². The number of aromatic hydroxyl groups is 1. The van der Waals surface area contributed by atoms with Crippen molar-refractivity contribution < 1.29 is 10.2 Å². The maximum atomic E-state index is 10.4. The second kappa shape index (κ2) is 4.24. The van der Waals surface area contributed by atoms with Crippen molar-refractivity contribution >= 4 is 0 Å². The Morgan fingerprint density at radius 1 is 1.15 bits per heavy atom. The van der Waals surface area contributed by atoms with E-state index in [4.69, 9.17) is 0 Å². The van der Waals surface area contributed by atoms with Gasteiger partial charge in [0.2, 0.25) is 0 Å². The summed E-state index contributed by atoms with van der Waals surface area (Å²) in [6.07, 6.45) is 6.78. The minimum Gasteiger partial charge on any atom is -0.508 e. The van der Waals surface area contributed by atoms with Crippen molar-refractivity contribution in [1.29, 1.82) is 0 Å². The van der Waals surface area contributed by atoms with Gasteiger partial charge in [0.25, 0.3) is 0 Å². The van der Waals surface area contributed by atoms with Crippen LogP contribution in [0.1, 0.15) is 56.1 Å². The molecule has 3 aliphatic carbocycles. The van der Waals surface area contributed by atoms with Crippen LogP contribution in [0.25, 0.3) is 0 Å². The zero-order valence-corrected chi connectivity index (χ0v) is 12.2. The molecule has 0 amide bonds. The van der Waals surface area contributed by atoms with Crippen LogP contribution in [0.5, 0.6) is 5.75 Å². The zero-order chi connectivity index (χ0) is 13.9. The fourth-order valence-corrected chi connectivity index (χ4v) is 5.54. The van der Waals surface area contributed by atoms with E-state index >= 15 is 0 Å². The first-order chi connectivity index (χ1) is 9.59. The fraction of sp³-hybridized carbons (Fsp3) is 0.667. The monoisotopic (exact) mass is 273 g/mol. The molecule has 0 aliphatic heterocycles. The molecule has 3 aliphatic rings. The molecule has 1 aromatic rings. The standard InChI is InChI=1S/C18H24O2/c1-18-9-8-14-13-5-3-12(19)10-11(13)2-4-15(14)16(18)6-7-17(18)20/h3,5,10,14-17,19-20H,2,4,6-9H2,1H3/t14-,15-,16+,17+,18+/m1/s1/i12+1. The SMILES string of the molecule is C[C@]12CC[C@@H]3c4cc[13c](O)cc4CC[C@H]3[C@@H]1CC[C@@H]2O. The molecule has 0 radical (unpaired) electrons. The maximum Gasteiger partial charge on any atom is 0.115 e. The van der Waals surface area contributed by atoms with Gasteiger partial charge >= 0.3 is 0 Å². The normalized spacial score (nSPS) is 42.7. The van der Waals surface area contributed by atoms with E-state index in [1.807, 2.05) is 12.1 Å². The second-order valence-electron chi connectivity index (χ2n) is 7.44. The molecule has 0 bridgehead atoms. The summed E-state index contributed by atoms with van der Waals surface area (Å²) < 4.78 is 0. The third-order valence-corrected chi connectivity index (χ3v) is 6.66. The van der Waals surface area contributed by atoms with Crippen LogP contribution in [0.2, 0.25) is 0 Å². The molecule has 4 rings (SSSR count). The molecular formula is C18H24O2. The second-order valence-corrected chi connectivity index (χ2v) is 7.44. The van der Waals surface area contributed by atoms with Crippen molar-refractivity contribution in [2.45, 2.75) is 57.5 Å². The molecule has 2 heteroatoms. The van der Waals surface area contributed by atoms with E-state index in [-0.39, 0.29) is 11.5 Å². The van der Waals surface area contributed by atoms with Gasteiger partial charge in [0.15, 0.2) is 0 Å². The van der Waals surface area contributed by atoms with Crippen LogP contribution in [-0.2, 0) is 6.42 Å². The van der Waals surface area contributed by atoms with E-state index in [1.54, 1.807) is 0 Å². The molecule has 0 saturated heterocycles. The molecule has 1 aromatic carbocycles. The van der Waals surface area contributed by atoms with Crippen molar-refractivity contribution in [3.05, 3.63) is 29.3 Å². The number of fused-ring (bicyclic) bond motifs is 5. The van der Waals surface area contributed by atoms with Crippen LogP contribution in [0.15, 0.2) is 18.2 Å². The molecule has 0 spiro atoms. The molecule has 0 heterocycles. The number of hydrogen-bond acceptors (Lipinski definition) is 2. The number of aliphatic hydroxyl groups is 1. The quantitative estimate of drug-likeness (QED) is 0.758. The topological polar surface area (TPSA) is 40.5 Å². The lowest BCUT2D eigenvalue weighted by atomic mass is 9.55. The first kappa shape index (κ1) is 12.7. The van der Waals surface area contributed by atoms with Crippen molar-refractivity contribution in [1.82, 2.24) is 0 Å². The van der Waals surface area contributed by atoms with Crippen molar-refractivity contribution in [2.24, 2.45) is 17.3 Å². The summed E-state index contributed by atoms with van der Waals surface area (Å²) in [6, 6.07) is 5.96. The Morgan fingerprint density at radius 2 is 2.00 bits per heavy atom. The Morgan fingerprint density at radius 3 is 2.85 bits per heavy atom. The molecule has 2 nitrogen and oxygen atoms in total. The lowest BCUT2D eigenvalue weighted by Crippen LogP contribution is -2.43. The van der Waals surface area contributed by atoms with Crippen LogP contribution < -0.4 is 0 Å². The first-order valence-corrected chi connectivity index (χ1v) is 8.09. The van der Waals surface area contributed by atoms with Crippen LogP contribution in [0.3, 0.4) is 0 Å². The van der Waals surface area contributed by atoms with E-state index in [9.17, 15) is 10.2 Å². The van der Waals surface area contributed by atoms with Gasteiger partial charge in [0.1, 0.15) is 5.75 Å². The summed E-state index contributed by atoms with van der Waals surface area (Å²) in [4.78, 5) is 0. The largest absolute Gasteiger partial charge is 0.508 e. The smallest absolute Gasteiger partial charge is 0.115 e. The highest BCUT2D eigenvalue weighted by atomic mass is 16.3. The number of phenols is 1. The van der Waals surface area contributed by atoms with Gasteiger partial charge < -0.3 is 10.2 Å². The number of benzene rings is 1. The molecule has 2 saturated carbocycles. The summed E-state index contributed by atoms with van der Waals surface area (Å²) in [5, 5.41) is 20.0. The van der Waals surface area contributed by atoms with Crippen molar-refractivity contribution in [2.75, 3.05) is 0 Å². The van der Waals surface area contributed by atoms with Crippen LogP contribution in [-0.4, -0.2) is 16.3 Å². The predicted molar refractivity (Wildman–Crippen MR) is 78.7 cm³/mol. The maximum absolute atomic E-state index is 10.4. The summed E-state index contributed by atoms with van der Waals surface area (Å²) >= 11 is 0. The number of hydrogen-bond donors (Lipinski definition) is 2. The fourth-order valence-electron chi connectivity index (χ4n) is 5.54. The molecular weight excluding hydrogens is 249 g/mol. The molecule has 0 aromatic heterocycles. The van der Waals surface area contributed by atoms with E-state index in [0.29, 0.717) is 17.6 Å². The Labute approximate surface area is 120 Å².